The van der Waals surface area contributed by atoms with Crippen LogP contribution < -0.4 is 14.4 Å². The number of halogens is 1. The van der Waals surface area contributed by atoms with Crippen LogP contribution in [0.15, 0.2) is 12.1 Å². The number of likely N-dealkylation sites (tertiary alicyclic amines) is 1. The molecule has 4 fully saturated rings. The molecule has 46 heavy (non-hydrogen) atoms. The maximum atomic E-state index is 17.1. The van der Waals surface area contributed by atoms with Gasteiger partial charge in [0.15, 0.2) is 5.82 Å². The highest BCUT2D eigenvalue weighted by Crippen LogP contribution is 2.60. The van der Waals surface area contributed by atoms with Crippen molar-refractivity contribution in [2.75, 3.05) is 58.5 Å². The predicted molar refractivity (Wildman–Crippen MR) is 171 cm³/mol. The molecule has 246 valence electrons. The molecule has 5 aliphatic rings. The van der Waals surface area contributed by atoms with Crippen molar-refractivity contribution < 1.29 is 28.8 Å². The number of aliphatic hydroxyl groups is 1. The minimum Gasteiger partial charge on any atom is -0.508 e. The summed E-state index contributed by atoms with van der Waals surface area (Å²) in [6, 6.07) is 3.97. The first-order valence-corrected chi connectivity index (χ1v) is 16.8. The van der Waals surface area contributed by atoms with Crippen molar-refractivity contribution in [3.8, 4) is 28.9 Å². The van der Waals surface area contributed by atoms with E-state index in [1.807, 2.05) is 4.90 Å². The fraction of sp³-hybridized carbons (Fsp3) is 0.629. The SMILES string of the molecule is COc1nc(-c2cc(O)cc3c2C2(CC3)CC2)c(F)c2nc(OC[C@]34CCC[C@H]3N(C)CCC4)nc(N3CCOC[C@@](C)(O)C3)c12. The van der Waals surface area contributed by atoms with Gasteiger partial charge in [-0.2, -0.15) is 9.97 Å². The normalized spacial score (nSPS) is 28.7. The van der Waals surface area contributed by atoms with Crippen LogP contribution >= 0.6 is 0 Å². The molecule has 2 aliphatic heterocycles. The summed E-state index contributed by atoms with van der Waals surface area (Å²) >= 11 is 0. The molecule has 0 amide bonds. The smallest absolute Gasteiger partial charge is 0.319 e. The van der Waals surface area contributed by atoms with Crippen LogP contribution in [0.25, 0.3) is 22.2 Å². The molecule has 3 aromatic rings. The molecule has 0 bridgehead atoms. The van der Waals surface area contributed by atoms with E-state index >= 15 is 4.39 Å². The molecule has 1 spiro atoms. The van der Waals surface area contributed by atoms with E-state index in [1.165, 1.54) is 7.11 Å². The van der Waals surface area contributed by atoms with E-state index in [2.05, 4.69) is 11.9 Å². The second-order valence-electron chi connectivity index (χ2n) is 14.8. The highest BCUT2D eigenvalue weighted by atomic mass is 19.1. The number of phenolic OH excluding ortho intramolecular Hbond substituents is 1. The van der Waals surface area contributed by atoms with Crippen LogP contribution in [0.2, 0.25) is 0 Å². The van der Waals surface area contributed by atoms with Gasteiger partial charge in [-0.3, -0.25) is 0 Å². The van der Waals surface area contributed by atoms with E-state index in [4.69, 9.17) is 29.2 Å². The second-order valence-corrected chi connectivity index (χ2v) is 14.8. The summed E-state index contributed by atoms with van der Waals surface area (Å²) < 4.78 is 35.2. The van der Waals surface area contributed by atoms with Crippen LogP contribution in [0.4, 0.5) is 10.2 Å². The zero-order valence-corrected chi connectivity index (χ0v) is 27.1. The summed E-state index contributed by atoms with van der Waals surface area (Å²) in [7, 11) is 3.70. The van der Waals surface area contributed by atoms with Gasteiger partial charge in [0, 0.05) is 23.6 Å². The average molecular weight is 634 g/mol. The molecule has 2 saturated heterocycles. The molecule has 3 atom stereocenters. The molecule has 4 heterocycles. The Morgan fingerprint density at radius 1 is 1.09 bits per heavy atom. The fourth-order valence-electron chi connectivity index (χ4n) is 9.14. The highest BCUT2D eigenvalue weighted by molar-refractivity contribution is 5.97. The molecule has 3 aliphatic carbocycles. The molecule has 2 saturated carbocycles. The molecule has 0 unspecified atom stereocenters. The number of hydrogen-bond acceptors (Lipinski definition) is 10. The molecule has 2 aromatic heterocycles. The number of anilines is 1. The molecule has 10 nitrogen and oxygen atoms in total. The number of phenols is 1. The standard InChI is InChI=1S/C35H44FN5O5/c1-33(43)18-41(14-15-45-19-33)30-25-29(38-32(39-30)46-20-35-8-4-6-24(35)40(2)13-5-9-35)27(36)28(37-31(25)44-3)23-17-22(42)16-21-7-10-34(11-12-34)26(21)23/h16-17,24,42-43H,4-15,18-20H2,1-3H3/t24-,33+,35-/m1/s1. The number of methoxy groups -OCH3 is 1. The summed E-state index contributed by atoms with van der Waals surface area (Å²) in [5.41, 5.74) is 1.74. The van der Waals surface area contributed by atoms with Gasteiger partial charge in [0.1, 0.15) is 33.8 Å². The van der Waals surface area contributed by atoms with Crippen molar-refractivity contribution in [3.63, 3.8) is 0 Å². The van der Waals surface area contributed by atoms with Crippen molar-refractivity contribution in [3.05, 3.63) is 29.1 Å². The number of rotatable bonds is 6. The molecule has 0 radical (unpaired) electrons. The lowest BCUT2D eigenvalue weighted by Crippen LogP contribution is -2.50. The van der Waals surface area contributed by atoms with Gasteiger partial charge in [-0.1, -0.05) is 6.42 Å². The van der Waals surface area contributed by atoms with Gasteiger partial charge < -0.3 is 34.2 Å². The summed E-state index contributed by atoms with van der Waals surface area (Å²) in [4.78, 5) is 18.7. The van der Waals surface area contributed by atoms with Gasteiger partial charge in [0.25, 0.3) is 0 Å². The van der Waals surface area contributed by atoms with Crippen LogP contribution in [0.5, 0.6) is 17.6 Å². The lowest BCUT2D eigenvalue weighted by molar-refractivity contribution is -0.0123. The first-order chi connectivity index (χ1) is 22.1. The third-order valence-electron chi connectivity index (χ3n) is 11.4. The van der Waals surface area contributed by atoms with Crippen LogP contribution in [0.1, 0.15) is 69.4 Å². The van der Waals surface area contributed by atoms with Crippen molar-refractivity contribution >= 4 is 16.7 Å². The summed E-state index contributed by atoms with van der Waals surface area (Å²) in [5.74, 6) is 0.0586. The first kappa shape index (κ1) is 30.1. The Hall–Kier alpha value is -3.28. The first-order valence-electron chi connectivity index (χ1n) is 16.8. The largest absolute Gasteiger partial charge is 0.508 e. The molecule has 1 aromatic carbocycles. The minimum atomic E-state index is -1.16. The maximum Gasteiger partial charge on any atom is 0.319 e. The Morgan fingerprint density at radius 3 is 2.72 bits per heavy atom. The van der Waals surface area contributed by atoms with Crippen molar-refractivity contribution in [2.45, 2.75) is 81.8 Å². The molecule has 8 rings (SSSR count). The lowest BCUT2D eigenvalue weighted by Gasteiger charge is -2.44. The molecule has 11 heteroatoms. The van der Waals surface area contributed by atoms with Gasteiger partial charge in [-0.15, -0.1) is 0 Å². The van der Waals surface area contributed by atoms with Crippen molar-refractivity contribution in [1.82, 2.24) is 19.9 Å². The zero-order chi connectivity index (χ0) is 31.8. The van der Waals surface area contributed by atoms with E-state index in [0.29, 0.717) is 42.6 Å². The number of aromatic hydroxyl groups is 1. The van der Waals surface area contributed by atoms with E-state index in [9.17, 15) is 10.2 Å². The summed E-state index contributed by atoms with van der Waals surface area (Å²) in [5, 5.41) is 22.1. The number of hydrogen-bond donors (Lipinski definition) is 2. The lowest BCUT2D eigenvalue weighted by atomic mass is 9.76. The van der Waals surface area contributed by atoms with Gasteiger partial charge in [0.2, 0.25) is 5.88 Å². The van der Waals surface area contributed by atoms with E-state index < -0.39 is 11.4 Å². The Labute approximate surface area is 268 Å². The number of nitrogens with zero attached hydrogens (tertiary/aromatic N) is 5. The summed E-state index contributed by atoms with van der Waals surface area (Å²) in [6.45, 7) is 4.43. The average Bonchev–Trinajstić information content (AvgIpc) is 3.60. The van der Waals surface area contributed by atoms with Crippen molar-refractivity contribution in [1.29, 1.82) is 0 Å². The quantitative estimate of drug-likeness (QED) is 0.394. The third kappa shape index (κ3) is 4.88. The Bertz CT molecular complexity index is 1700. The van der Waals surface area contributed by atoms with Crippen LogP contribution in [0, 0.1) is 11.2 Å². The van der Waals surface area contributed by atoms with E-state index in [0.717, 1.165) is 75.5 Å². The van der Waals surface area contributed by atoms with Gasteiger partial charge in [-0.05, 0) is 101 Å². The third-order valence-corrected chi connectivity index (χ3v) is 11.4. The van der Waals surface area contributed by atoms with E-state index in [-0.39, 0.29) is 52.8 Å². The number of piperidine rings is 1. The maximum absolute atomic E-state index is 17.1. The van der Waals surface area contributed by atoms with Gasteiger partial charge in [-0.25, -0.2) is 9.37 Å². The van der Waals surface area contributed by atoms with Crippen LogP contribution in [0.3, 0.4) is 0 Å². The molecular weight excluding hydrogens is 589 g/mol. The van der Waals surface area contributed by atoms with E-state index in [1.54, 1.807) is 19.1 Å². The number of ether oxygens (including phenoxy) is 3. The van der Waals surface area contributed by atoms with Crippen LogP contribution in [-0.2, 0) is 16.6 Å². The monoisotopic (exact) mass is 633 g/mol. The Balaban J connectivity index is 1.29. The molecule has 2 N–H and O–H groups in total. The van der Waals surface area contributed by atoms with Crippen molar-refractivity contribution in [2.24, 2.45) is 5.41 Å². The molecular formula is C35H44FN5O5. The van der Waals surface area contributed by atoms with Gasteiger partial charge >= 0.3 is 6.01 Å². The number of aryl methyl sites for hydroxylation is 1. The zero-order valence-electron chi connectivity index (χ0n) is 27.1. The Kier molecular flexibility index (Phi) is 7.12. The number of β-amino-alcohol motifs (C(OH)–C–C–N with tert-alkyl or cyclic N) is 1. The minimum absolute atomic E-state index is 0.00589. The Morgan fingerprint density at radius 2 is 1.91 bits per heavy atom. The predicted octanol–water partition coefficient (Wildman–Crippen LogP) is 4.75. The number of benzene rings is 1. The number of fused-ring (bicyclic) bond motifs is 4. The fourth-order valence-corrected chi connectivity index (χ4v) is 9.14. The van der Waals surface area contributed by atoms with Gasteiger partial charge in [0.05, 0.1) is 33.5 Å². The number of pyridine rings is 1. The summed E-state index contributed by atoms with van der Waals surface area (Å²) in [6.07, 6.45) is 9.49. The highest BCUT2D eigenvalue weighted by Gasteiger charge is 2.51. The van der Waals surface area contributed by atoms with Crippen LogP contribution in [-0.4, -0.2) is 95.3 Å². The number of aromatic nitrogens is 3. The topological polar surface area (TPSA) is 113 Å². The second kappa shape index (κ2) is 10.9.